The minimum absolute atomic E-state index is 0.146. The Labute approximate surface area is 307 Å². The molecule has 1 aliphatic heterocycles. The van der Waals surface area contributed by atoms with Crippen LogP contribution in [0.15, 0.2) is 158 Å². The molecule has 0 spiro atoms. The van der Waals surface area contributed by atoms with Crippen LogP contribution in [0.25, 0.3) is 67.7 Å². The van der Waals surface area contributed by atoms with Gasteiger partial charge < -0.3 is 9.47 Å². The predicted molar refractivity (Wildman–Crippen MR) is 209 cm³/mol. The van der Waals surface area contributed by atoms with Gasteiger partial charge in [0.2, 0.25) is 0 Å². The van der Waals surface area contributed by atoms with E-state index in [0.29, 0.717) is 40.5 Å². The number of benzene rings is 6. The van der Waals surface area contributed by atoms with E-state index in [9.17, 15) is 0 Å². The number of nitrogens with zero attached hydrogens (tertiary/aromatic N) is 4. The number of pyridine rings is 1. The lowest BCUT2D eigenvalue weighted by Gasteiger charge is -2.26. The average Bonchev–Trinajstić information content (AvgIpc) is 3.44. The van der Waals surface area contributed by atoms with Crippen LogP contribution in [0.2, 0.25) is 0 Å². The highest BCUT2D eigenvalue weighted by Crippen LogP contribution is 2.56. The van der Waals surface area contributed by atoms with E-state index in [1.807, 2.05) is 91.0 Å². The van der Waals surface area contributed by atoms with Crippen LogP contribution in [0.1, 0.15) is 25.0 Å². The van der Waals surface area contributed by atoms with E-state index < -0.39 is 0 Å². The van der Waals surface area contributed by atoms with Crippen molar-refractivity contribution in [3.8, 4) is 90.7 Å². The Hall–Kier alpha value is -6.92. The SMILES string of the molecule is CC1(C)c2ccccc2-c2cc3c(cc21)Oc1cccc(-c2ccccc2-c2nc(-c4ccccc4)nc(-c4cccc(-c5ccccn5)c4)n2)c1O3. The molecule has 6 heteroatoms. The Morgan fingerprint density at radius 3 is 1.89 bits per heavy atom. The lowest BCUT2D eigenvalue weighted by molar-refractivity contribution is 0.360. The number of ether oxygens (including phenoxy) is 2. The summed E-state index contributed by atoms with van der Waals surface area (Å²) in [5.74, 6) is 4.43. The molecule has 2 aromatic heterocycles. The fraction of sp³-hybridized carbons (Fsp3) is 0.0638. The van der Waals surface area contributed by atoms with Crippen LogP contribution in [-0.2, 0) is 5.41 Å². The molecule has 0 unspecified atom stereocenters. The summed E-state index contributed by atoms with van der Waals surface area (Å²) in [6.07, 6.45) is 1.80. The van der Waals surface area contributed by atoms with Gasteiger partial charge in [-0.2, -0.15) is 0 Å². The molecular formula is C47H32N4O2. The Kier molecular flexibility index (Phi) is 7.05. The third-order valence-electron chi connectivity index (χ3n) is 10.3. The van der Waals surface area contributed by atoms with E-state index in [2.05, 4.69) is 79.5 Å². The second kappa shape index (κ2) is 12.1. The third kappa shape index (κ3) is 5.18. The highest BCUT2D eigenvalue weighted by molar-refractivity contribution is 5.88. The summed E-state index contributed by atoms with van der Waals surface area (Å²) in [7, 11) is 0. The molecule has 0 radical (unpaired) electrons. The molecule has 53 heavy (non-hydrogen) atoms. The summed E-state index contributed by atoms with van der Waals surface area (Å²) in [6.45, 7) is 4.54. The first-order chi connectivity index (χ1) is 26.0. The van der Waals surface area contributed by atoms with Crippen molar-refractivity contribution in [1.82, 2.24) is 19.9 Å². The van der Waals surface area contributed by atoms with Gasteiger partial charge in [-0.15, -0.1) is 0 Å². The summed E-state index contributed by atoms with van der Waals surface area (Å²) < 4.78 is 13.5. The lowest BCUT2D eigenvalue weighted by Crippen LogP contribution is -2.15. The maximum absolute atomic E-state index is 6.82. The van der Waals surface area contributed by atoms with Crippen molar-refractivity contribution in [1.29, 1.82) is 0 Å². The van der Waals surface area contributed by atoms with E-state index in [1.54, 1.807) is 6.20 Å². The minimum Gasteiger partial charge on any atom is -0.449 e. The third-order valence-corrected chi connectivity index (χ3v) is 10.3. The maximum Gasteiger partial charge on any atom is 0.177 e. The fourth-order valence-electron chi connectivity index (χ4n) is 7.62. The van der Waals surface area contributed by atoms with Gasteiger partial charge in [0.1, 0.15) is 0 Å². The zero-order valence-corrected chi connectivity index (χ0v) is 29.1. The molecule has 0 amide bonds. The Bertz CT molecular complexity index is 2710. The first kappa shape index (κ1) is 30.9. The first-order valence-corrected chi connectivity index (χ1v) is 17.7. The van der Waals surface area contributed by atoms with Crippen molar-refractivity contribution in [2.24, 2.45) is 0 Å². The molecule has 252 valence electrons. The molecule has 6 nitrogen and oxygen atoms in total. The number of hydrogen-bond acceptors (Lipinski definition) is 6. The average molecular weight is 685 g/mol. The van der Waals surface area contributed by atoms with Crippen molar-refractivity contribution in [2.75, 3.05) is 0 Å². The Morgan fingerprint density at radius 2 is 1.06 bits per heavy atom. The number of aromatic nitrogens is 4. The van der Waals surface area contributed by atoms with Gasteiger partial charge in [-0.1, -0.05) is 129 Å². The molecule has 0 bridgehead atoms. The summed E-state index contributed by atoms with van der Waals surface area (Å²) >= 11 is 0. The van der Waals surface area contributed by atoms with Gasteiger partial charge in [-0.25, -0.2) is 15.0 Å². The molecule has 0 atom stereocenters. The zero-order valence-electron chi connectivity index (χ0n) is 29.1. The topological polar surface area (TPSA) is 70.0 Å². The Morgan fingerprint density at radius 1 is 0.415 bits per heavy atom. The van der Waals surface area contributed by atoms with E-state index in [-0.39, 0.29) is 5.41 Å². The van der Waals surface area contributed by atoms with Crippen LogP contribution >= 0.6 is 0 Å². The first-order valence-electron chi connectivity index (χ1n) is 17.7. The van der Waals surface area contributed by atoms with E-state index in [0.717, 1.165) is 39.1 Å². The Balaban J connectivity index is 1.10. The van der Waals surface area contributed by atoms with E-state index >= 15 is 0 Å². The molecule has 0 N–H and O–H groups in total. The van der Waals surface area contributed by atoms with Crippen LogP contribution in [0, 0.1) is 0 Å². The zero-order chi connectivity index (χ0) is 35.5. The van der Waals surface area contributed by atoms with Gasteiger partial charge in [0.25, 0.3) is 0 Å². The van der Waals surface area contributed by atoms with Crippen molar-refractivity contribution < 1.29 is 9.47 Å². The van der Waals surface area contributed by atoms with Crippen molar-refractivity contribution in [3.63, 3.8) is 0 Å². The summed E-state index contributed by atoms with van der Waals surface area (Å²) in [4.78, 5) is 19.8. The van der Waals surface area contributed by atoms with Gasteiger partial charge in [-0.3, -0.25) is 4.98 Å². The van der Waals surface area contributed by atoms with Gasteiger partial charge >= 0.3 is 0 Å². The minimum atomic E-state index is -0.146. The molecule has 1 aliphatic carbocycles. The van der Waals surface area contributed by atoms with Gasteiger partial charge in [-0.05, 0) is 64.2 Å². The molecular weight excluding hydrogens is 653 g/mol. The highest BCUT2D eigenvalue weighted by Gasteiger charge is 2.37. The second-order valence-corrected chi connectivity index (χ2v) is 13.9. The van der Waals surface area contributed by atoms with E-state index in [4.69, 9.17) is 24.4 Å². The summed E-state index contributed by atoms with van der Waals surface area (Å²) in [5.41, 5.74) is 11.1. The van der Waals surface area contributed by atoms with Crippen molar-refractivity contribution >= 4 is 0 Å². The van der Waals surface area contributed by atoms with Crippen LogP contribution in [-0.4, -0.2) is 19.9 Å². The molecule has 2 aliphatic rings. The molecule has 0 saturated carbocycles. The molecule has 6 aromatic carbocycles. The number of rotatable bonds is 5. The highest BCUT2D eigenvalue weighted by atomic mass is 16.6. The number of para-hydroxylation sites is 1. The van der Waals surface area contributed by atoms with Crippen LogP contribution < -0.4 is 9.47 Å². The normalized spacial score (nSPS) is 13.2. The smallest absolute Gasteiger partial charge is 0.177 e. The lowest BCUT2D eigenvalue weighted by atomic mass is 9.82. The fourth-order valence-corrected chi connectivity index (χ4v) is 7.62. The molecule has 8 aromatic rings. The summed E-state index contributed by atoms with van der Waals surface area (Å²) in [6, 6.07) is 51.2. The second-order valence-electron chi connectivity index (χ2n) is 13.9. The van der Waals surface area contributed by atoms with Gasteiger partial charge in [0.15, 0.2) is 40.5 Å². The van der Waals surface area contributed by atoms with Gasteiger partial charge in [0.05, 0.1) is 5.69 Å². The van der Waals surface area contributed by atoms with Gasteiger partial charge in [0, 0.05) is 39.4 Å². The molecule has 10 rings (SSSR count). The van der Waals surface area contributed by atoms with Crippen molar-refractivity contribution in [3.05, 3.63) is 169 Å². The molecule has 0 fully saturated rings. The monoisotopic (exact) mass is 684 g/mol. The predicted octanol–water partition coefficient (Wildman–Crippen LogP) is 11.8. The standard InChI is InChI=1S/C47H32N4O2/c1-47(2)37-22-9-8-19-33(37)36-27-41-42(28-38(36)47)52-40-24-13-21-34(43(40)53-41)32-18-6-7-20-35(32)46-50-44(29-14-4-3-5-15-29)49-45(51-46)31-17-12-16-30(26-31)39-23-10-11-25-48-39/h3-28H,1-2H3. The summed E-state index contributed by atoms with van der Waals surface area (Å²) in [5, 5.41) is 0. The largest absolute Gasteiger partial charge is 0.449 e. The van der Waals surface area contributed by atoms with Crippen LogP contribution in [0.4, 0.5) is 0 Å². The van der Waals surface area contributed by atoms with Crippen LogP contribution in [0.5, 0.6) is 23.0 Å². The number of fused-ring (bicyclic) bond motifs is 5. The van der Waals surface area contributed by atoms with E-state index in [1.165, 1.54) is 22.3 Å². The van der Waals surface area contributed by atoms with Crippen LogP contribution in [0.3, 0.4) is 0 Å². The maximum atomic E-state index is 6.82. The molecule has 3 heterocycles. The molecule has 0 saturated heterocycles. The number of hydrogen-bond donors (Lipinski definition) is 0. The van der Waals surface area contributed by atoms with Crippen molar-refractivity contribution in [2.45, 2.75) is 19.3 Å². The quantitative estimate of drug-likeness (QED) is 0.180.